The molecule has 2 aromatic rings. The first-order chi connectivity index (χ1) is 13.2. The first-order valence-corrected chi connectivity index (χ1v) is 12.2. The number of hydrogen-bond donors (Lipinski definition) is 0. The molecule has 0 radical (unpaired) electrons. The maximum Gasteiger partial charge on any atom is 0.252 e. The highest BCUT2D eigenvalue weighted by molar-refractivity contribution is 7.91. The van der Waals surface area contributed by atoms with Gasteiger partial charge in [0.25, 0.3) is 10.0 Å². The molecule has 154 valence electrons. The summed E-state index contributed by atoms with van der Waals surface area (Å²) in [7, 11) is -1.63. The number of aromatic nitrogens is 3. The van der Waals surface area contributed by atoms with Crippen LogP contribution in [0.25, 0.3) is 0 Å². The Morgan fingerprint density at radius 3 is 2.54 bits per heavy atom. The molecule has 0 N–H and O–H groups in total. The predicted molar refractivity (Wildman–Crippen MR) is 110 cm³/mol. The van der Waals surface area contributed by atoms with E-state index >= 15 is 0 Å². The molecule has 10 heteroatoms. The van der Waals surface area contributed by atoms with Gasteiger partial charge >= 0.3 is 0 Å². The number of hydrogen-bond acceptors (Lipinski definition) is 6. The van der Waals surface area contributed by atoms with Crippen LogP contribution in [-0.4, -0.2) is 64.6 Å². The van der Waals surface area contributed by atoms with Crippen molar-refractivity contribution >= 4 is 33.0 Å². The number of sulfonamides is 1. The number of rotatable bonds is 4. The molecule has 1 atom stereocenters. The van der Waals surface area contributed by atoms with E-state index in [9.17, 15) is 8.42 Å². The average molecular weight is 444 g/mol. The molecule has 2 saturated heterocycles. The van der Waals surface area contributed by atoms with Crippen molar-refractivity contribution in [2.75, 3.05) is 26.2 Å². The first kappa shape index (κ1) is 20.3. The van der Waals surface area contributed by atoms with Crippen molar-refractivity contribution < 1.29 is 8.42 Å². The second-order valence-corrected chi connectivity index (χ2v) is 12.1. The fourth-order valence-electron chi connectivity index (χ4n) is 4.63. The molecule has 2 aromatic heterocycles. The number of thiophene rings is 1. The van der Waals surface area contributed by atoms with E-state index in [0.29, 0.717) is 27.7 Å². The van der Waals surface area contributed by atoms with Gasteiger partial charge in [-0.05, 0) is 57.3 Å². The van der Waals surface area contributed by atoms with Crippen molar-refractivity contribution in [3.8, 4) is 0 Å². The van der Waals surface area contributed by atoms with E-state index in [1.807, 2.05) is 11.6 Å². The number of piperidine rings is 1. The molecule has 0 saturated carbocycles. The van der Waals surface area contributed by atoms with E-state index in [2.05, 4.69) is 28.9 Å². The third kappa shape index (κ3) is 3.41. The van der Waals surface area contributed by atoms with Crippen molar-refractivity contribution in [2.45, 2.75) is 42.9 Å². The summed E-state index contributed by atoms with van der Waals surface area (Å²) in [5, 5.41) is 8.41. The molecule has 2 aliphatic rings. The monoisotopic (exact) mass is 443 g/mol. The molecule has 4 heterocycles. The lowest BCUT2D eigenvalue weighted by Crippen LogP contribution is -2.46. The molecule has 0 bridgehead atoms. The second kappa shape index (κ2) is 7.36. The zero-order valence-electron chi connectivity index (χ0n) is 16.4. The Kier molecular flexibility index (Phi) is 5.33. The summed E-state index contributed by atoms with van der Waals surface area (Å²) in [5.74, 6) is 0.916. The Balaban J connectivity index is 1.67. The smallest absolute Gasteiger partial charge is 0.252 e. The van der Waals surface area contributed by atoms with Crippen molar-refractivity contribution in [1.82, 2.24) is 24.0 Å². The molecular formula is C18H26ClN5O2S2. The Labute approximate surface area is 175 Å². The number of halogens is 1. The Hall–Kier alpha value is -1.00. The highest BCUT2D eigenvalue weighted by Crippen LogP contribution is 2.51. The molecule has 28 heavy (non-hydrogen) atoms. The largest absolute Gasteiger partial charge is 0.320 e. The van der Waals surface area contributed by atoms with Crippen molar-refractivity contribution in [1.29, 1.82) is 0 Å². The van der Waals surface area contributed by atoms with Crippen LogP contribution in [-0.2, 0) is 17.1 Å². The van der Waals surface area contributed by atoms with Crippen LogP contribution in [0.5, 0.6) is 0 Å². The van der Waals surface area contributed by atoms with E-state index in [1.165, 1.54) is 0 Å². The van der Waals surface area contributed by atoms with Crippen LogP contribution < -0.4 is 0 Å². The molecule has 1 spiro atoms. The average Bonchev–Trinajstić information content (AvgIpc) is 3.35. The number of nitrogens with zero attached hydrogens (tertiary/aromatic N) is 5. The van der Waals surface area contributed by atoms with E-state index in [4.69, 9.17) is 11.6 Å². The first-order valence-electron chi connectivity index (χ1n) is 9.56. The summed E-state index contributed by atoms with van der Waals surface area (Å²) in [6.45, 7) is 7.34. The zero-order valence-corrected chi connectivity index (χ0v) is 18.8. The third-order valence-corrected chi connectivity index (χ3v) is 9.85. The van der Waals surface area contributed by atoms with Crippen LogP contribution in [0.2, 0.25) is 4.34 Å². The summed E-state index contributed by atoms with van der Waals surface area (Å²) in [6.07, 6.45) is 3.61. The molecule has 1 unspecified atom stereocenters. The van der Waals surface area contributed by atoms with Gasteiger partial charge in [0.05, 0.1) is 4.34 Å². The predicted octanol–water partition coefficient (Wildman–Crippen LogP) is 2.81. The van der Waals surface area contributed by atoms with Crippen molar-refractivity contribution in [3.05, 3.63) is 28.6 Å². The molecule has 2 aliphatic heterocycles. The fraction of sp³-hybridized carbons (Fsp3) is 0.667. The van der Waals surface area contributed by atoms with E-state index in [0.717, 1.165) is 43.1 Å². The molecule has 2 fully saturated rings. The second-order valence-electron chi connectivity index (χ2n) is 8.20. The standard InChI is InChI=1S/C18H26ClN5O2S2/c1-13(2)23-8-6-18(7-9-23)11-24(10-14(18)17-21-20-12-22(17)3)28(25,26)16-5-4-15(19)27-16/h4-5,12-14H,6-11H2,1-3H3. The highest BCUT2D eigenvalue weighted by Gasteiger charge is 2.53. The fourth-order valence-corrected chi connectivity index (χ4v) is 7.81. The van der Waals surface area contributed by atoms with Crippen LogP contribution in [0.1, 0.15) is 38.4 Å². The normalized spacial score (nSPS) is 23.8. The Bertz CT molecular complexity index is 947. The zero-order chi connectivity index (χ0) is 20.1. The van der Waals surface area contributed by atoms with Gasteiger partial charge < -0.3 is 9.47 Å². The lowest BCUT2D eigenvalue weighted by Gasteiger charge is -2.43. The van der Waals surface area contributed by atoms with Crippen LogP contribution in [0.3, 0.4) is 0 Å². The highest BCUT2D eigenvalue weighted by atomic mass is 35.5. The van der Waals surface area contributed by atoms with Gasteiger partial charge in [0.1, 0.15) is 16.4 Å². The van der Waals surface area contributed by atoms with Gasteiger partial charge in [-0.3, -0.25) is 0 Å². The summed E-state index contributed by atoms with van der Waals surface area (Å²) in [6, 6.07) is 3.75. The summed E-state index contributed by atoms with van der Waals surface area (Å²) in [5.41, 5.74) is -0.111. The molecule has 4 rings (SSSR count). The maximum atomic E-state index is 13.3. The molecule has 0 aromatic carbocycles. The molecule has 0 amide bonds. The van der Waals surface area contributed by atoms with Crippen LogP contribution in [0.15, 0.2) is 22.7 Å². The van der Waals surface area contributed by atoms with Gasteiger partial charge in [-0.25, -0.2) is 8.42 Å². The lowest BCUT2D eigenvalue weighted by atomic mass is 9.70. The van der Waals surface area contributed by atoms with E-state index in [1.54, 1.807) is 22.8 Å². The topological polar surface area (TPSA) is 71.3 Å². The number of aryl methyl sites for hydroxylation is 1. The van der Waals surface area contributed by atoms with Gasteiger partial charge in [-0.2, -0.15) is 4.31 Å². The van der Waals surface area contributed by atoms with E-state index in [-0.39, 0.29) is 11.3 Å². The minimum Gasteiger partial charge on any atom is -0.320 e. The Morgan fingerprint density at radius 1 is 1.29 bits per heavy atom. The van der Waals surface area contributed by atoms with Crippen LogP contribution in [0, 0.1) is 5.41 Å². The maximum absolute atomic E-state index is 13.3. The summed E-state index contributed by atoms with van der Waals surface area (Å²) >= 11 is 7.12. The minimum atomic E-state index is -3.56. The van der Waals surface area contributed by atoms with Gasteiger partial charge in [-0.15, -0.1) is 21.5 Å². The number of likely N-dealkylation sites (tertiary alicyclic amines) is 1. The van der Waals surface area contributed by atoms with Gasteiger partial charge in [-0.1, -0.05) is 11.6 Å². The SMILES string of the molecule is CC(C)N1CCC2(CC1)CN(S(=O)(=O)c1ccc(Cl)s1)CC2c1nncn1C. The Morgan fingerprint density at radius 2 is 2.00 bits per heavy atom. The molecule has 0 aliphatic carbocycles. The van der Waals surface area contributed by atoms with Crippen LogP contribution in [0.4, 0.5) is 0 Å². The summed E-state index contributed by atoms with van der Waals surface area (Å²) < 4.78 is 30.9. The van der Waals surface area contributed by atoms with Gasteiger partial charge in [0, 0.05) is 32.1 Å². The van der Waals surface area contributed by atoms with Gasteiger partial charge in [0.15, 0.2) is 0 Å². The van der Waals surface area contributed by atoms with Gasteiger partial charge in [0.2, 0.25) is 0 Å². The van der Waals surface area contributed by atoms with Crippen LogP contribution >= 0.6 is 22.9 Å². The molecule has 7 nitrogen and oxygen atoms in total. The van der Waals surface area contributed by atoms with Crippen molar-refractivity contribution in [2.24, 2.45) is 12.5 Å². The lowest BCUT2D eigenvalue weighted by molar-refractivity contribution is 0.0791. The third-order valence-electron chi connectivity index (χ3n) is 6.34. The van der Waals surface area contributed by atoms with Crippen molar-refractivity contribution in [3.63, 3.8) is 0 Å². The molecular weight excluding hydrogens is 418 g/mol. The quantitative estimate of drug-likeness (QED) is 0.726. The van der Waals surface area contributed by atoms with E-state index < -0.39 is 10.0 Å². The minimum absolute atomic E-state index is 0.0412. The summed E-state index contributed by atoms with van der Waals surface area (Å²) in [4.78, 5) is 2.47.